The number of hydrogen-bond donors (Lipinski definition) is 1. The second kappa shape index (κ2) is 10.1. The number of aryl methyl sites for hydroxylation is 1. The van der Waals surface area contributed by atoms with Crippen LogP contribution in [-0.2, 0) is 25.7 Å². The molecule has 6 nitrogen and oxygen atoms in total. The quantitative estimate of drug-likeness (QED) is 0.696. The van der Waals surface area contributed by atoms with Gasteiger partial charge in [0.2, 0.25) is 11.8 Å². The number of rotatable bonds is 7. The Morgan fingerprint density at radius 3 is 2.39 bits per heavy atom. The average molecular weight is 421 g/mol. The van der Waals surface area contributed by atoms with E-state index in [4.69, 9.17) is 4.74 Å². The molecule has 0 saturated heterocycles. The summed E-state index contributed by atoms with van der Waals surface area (Å²) in [5.41, 5.74) is 3.85. The third-order valence-corrected chi connectivity index (χ3v) is 5.43. The highest BCUT2D eigenvalue weighted by Crippen LogP contribution is 2.37. The van der Waals surface area contributed by atoms with Gasteiger partial charge in [-0.05, 0) is 31.9 Å². The Balaban J connectivity index is 1.83. The van der Waals surface area contributed by atoms with Crippen molar-refractivity contribution in [3.05, 3.63) is 82.6 Å². The maximum Gasteiger partial charge on any atom is 0.336 e. The molecule has 2 aromatic rings. The van der Waals surface area contributed by atoms with Gasteiger partial charge in [0.15, 0.2) is 0 Å². The van der Waals surface area contributed by atoms with Crippen molar-refractivity contribution in [2.75, 3.05) is 13.2 Å². The van der Waals surface area contributed by atoms with Crippen molar-refractivity contribution in [2.24, 2.45) is 0 Å². The van der Waals surface area contributed by atoms with Crippen molar-refractivity contribution in [1.29, 1.82) is 0 Å². The number of amides is 2. The highest BCUT2D eigenvalue weighted by Gasteiger charge is 2.37. The van der Waals surface area contributed by atoms with Gasteiger partial charge in [-0.15, -0.1) is 0 Å². The number of allylic oxidation sites excluding steroid dienone is 1. The summed E-state index contributed by atoms with van der Waals surface area (Å²) in [7, 11) is 0. The molecule has 3 rings (SSSR count). The zero-order valence-corrected chi connectivity index (χ0v) is 18.2. The predicted octanol–water partition coefficient (Wildman–Crippen LogP) is 3.46. The molecule has 31 heavy (non-hydrogen) atoms. The normalized spacial score (nSPS) is 16.3. The molecule has 1 aliphatic rings. The first-order valence-corrected chi connectivity index (χ1v) is 10.5. The number of carbonyl (C=O) groups excluding carboxylic acids is 3. The fraction of sp³-hybridized carbons (Fsp3) is 0.320. The van der Waals surface area contributed by atoms with Crippen LogP contribution in [0.3, 0.4) is 0 Å². The van der Waals surface area contributed by atoms with Crippen LogP contribution < -0.4 is 5.32 Å². The van der Waals surface area contributed by atoms with Crippen LogP contribution in [0.1, 0.15) is 42.9 Å². The molecule has 0 bridgehead atoms. The van der Waals surface area contributed by atoms with Crippen LogP contribution in [0, 0.1) is 6.92 Å². The summed E-state index contributed by atoms with van der Waals surface area (Å²) in [5, 5.41) is 2.83. The number of nitrogens with one attached hydrogen (secondary N) is 1. The Hall–Kier alpha value is -3.41. The van der Waals surface area contributed by atoms with Crippen molar-refractivity contribution < 1.29 is 19.1 Å². The number of ether oxygens (including phenoxy) is 1. The minimum atomic E-state index is -0.451. The van der Waals surface area contributed by atoms with Crippen LogP contribution in [0.2, 0.25) is 0 Å². The number of benzene rings is 2. The monoisotopic (exact) mass is 420 g/mol. The first-order valence-electron chi connectivity index (χ1n) is 10.5. The molecule has 0 radical (unpaired) electrons. The first-order chi connectivity index (χ1) is 14.9. The van der Waals surface area contributed by atoms with Crippen LogP contribution in [0.15, 0.2) is 65.9 Å². The van der Waals surface area contributed by atoms with Gasteiger partial charge in [0.05, 0.1) is 12.2 Å². The molecule has 0 aliphatic carbocycles. The Morgan fingerprint density at radius 1 is 1.06 bits per heavy atom. The number of carbonyl (C=O) groups is 3. The lowest BCUT2D eigenvalue weighted by Crippen LogP contribution is -2.44. The Labute approximate surface area is 182 Å². The van der Waals surface area contributed by atoms with Gasteiger partial charge < -0.3 is 15.0 Å². The van der Waals surface area contributed by atoms with E-state index in [9.17, 15) is 14.4 Å². The molecule has 0 spiro atoms. The van der Waals surface area contributed by atoms with Gasteiger partial charge in [0.1, 0.15) is 6.54 Å². The molecule has 162 valence electrons. The van der Waals surface area contributed by atoms with Crippen molar-refractivity contribution in [1.82, 2.24) is 10.2 Å². The molecule has 0 saturated carbocycles. The van der Waals surface area contributed by atoms with Crippen LogP contribution in [-0.4, -0.2) is 35.8 Å². The molecule has 0 aromatic heterocycles. The minimum absolute atomic E-state index is 0.112. The fourth-order valence-electron chi connectivity index (χ4n) is 3.76. The summed E-state index contributed by atoms with van der Waals surface area (Å²) in [4.78, 5) is 39.6. The third-order valence-electron chi connectivity index (χ3n) is 5.43. The smallest absolute Gasteiger partial charge is 0.336 e. The molecule has 2 aromatic carbocycles. The van der Waals surface area contributed by atoms with Crippen molar-refractivity contribution >= 4 is 17.8 Å². The molecule has 6 heteroatoms. The van der Waals surface area contributed by atoms with E-state index in [-0.39, 0.29) is 31.4 Å². The number of nitrogens with zero attached hydrogens (tertiary/aromatic N) is 1. The number of hydrogen-bond acceptors (Lipinski definition) is 4. The standard InChI is InChI=1S/C25H28N2O4/c1-4-31-25(30)24-18(3)27(16-22(28)26-15-19-8-6-5-7-9-19)23(29)14-21(24)20-12-10-17(2)11-13-20/h5-13,21H,4,14-16H2,1-3H3,(H,26,28). The summed E-state index contributed by atoms with van der Waals surface area (Å²) < 4.78 is 5.29. The van der Waals surface area contributed by atoms with E-state index in [0.29, 0.717) is 17.8 Å². The second-order valence-corrected chi connectivity index (χ2v) is 7.63. The molecule has 1 unspecified atom stereocenters. The average Bonchev–Trinajstić information content (AvgIpc) is 2.76. The van der Waals surface area contributed by atoms with Gasteiger partial charge in [-0.3, -0.25) is 9.59 Å². The maximum absolute atomic E-state index is 13.0. The zero-order valence-electron chi connectivity index (χ0n) is 18.2. The van der Waals surface area contributed by atoms with Gasteiger partial charge in [-0.25, -0.2) is 4.79 Å². The van der Waals surface area contributed by atoms with Crippen molar-refractivity contribution in [3.8, 4) is 0 Å². The van der Waals surface area contributed by atoms with Crippen LogP contribution in [0.4, 0.5) is 0 Å². The molecule has 1 atom stereocenters. The summed E-state index contributed by atoms with van der Waals surface area (Å²) in [6.07, 6.45) is 0.112. The summed E-state index contributed by atoms with van der Waals surface area (Å²) in [6, 6.07) is 17.3. The molecule has 0 fully saturated rings. The second-order valence-electron chi connectivity index (χ2n) is 7.63. The minimum Gasteiger partial charge on any atom is -0.463 e. The molecular formula is C25H28N2O4. The van der Waals surface area contributed by atoms with Gasteiger partial charge in [0, 0.05) is 24.6 Å². The van der Waals surface area contributed by atoms with Gasteiger partial charge in [-0.2, -0.15) is 0 Å². The Bertz CT molecular complexity index is 980. The molecule has 1 aliphatic heterocycles. The molecule has 1 N–H and O–H groups in total. The molecule has 2 amide bonds. The lowest BCUT2D eigenvalue weighted by molar-refractivity contribution is -0.141. The Kier molecular flexibility index (Phi) is 7.23. The van der Waals surface area contributed by atoms with E-state index in [1.54, 1.807) is 13.8 Å². The van der Waals surface area contributed by atoms with Crippen LogP contribution >= 0.6 is 0 Å². The third kappa shape index (κ3) is 5.40. The van der Waals surface area contributed by atoms with E-state index in [1.165, 1.54) is 4.90 Å². The van der Waals surface area contributed by atoms with Crippen LogP contribution in [0.5, 0.6) is 0 Å². The Morgan fingerprint density at radius 2 is 1.74 bits per heavy atom. The lowest BCUT2D eigenvalue weighted by Gasteiger charge is -2.34. The largest absolute Gasteiger partial charge is 0.463 e. The predicted molar refractivity (Wildman–Crippen MR) is 118 cm³/mol. The van der Waals surface area contributed by atoms with E-state index in [2.05, 4.69) is 5.32 Å². The maximum atomic E-state index is 13.0. The topological polar surface area (TPSA) is 75.7 Å². The summed E-state index contributed by atoms with van der Waals surface area (Å²) in [5.74, 6) is -1.32. The van der Waals surface area contributed by atoms with Gasteiger partial charge in [-0.1, -0.05) is 60.2 Å². The van der Waals surface area contributed by atoms with Gasteiger partial charge in [0.25, 0.3) is 0 Å². The van der Waals surface area contributed by atoms with E-state index < -0.39 is 11.9 Å². The van der Waals surface area contributed by atoms with Crippen molar-refractivity contribution in [2.45, 2.75) is 39.7 Å². The van der Waals surface area contributed by atoms with Crippen LogP contribution in [0.25, 0.3) is 0 Å². The number of esters is 1. The SMILES string of the molecule is CCOC(=O)C1=C(C)N(CC(=O)NCc2ccccc2)C(=O)CC1c1ccc(C)cc1. The van der Waals surface area contributed by atoms with E-state index in [0.717, 1.165) is 16.7 Å². The van der Waals surface area contributed by atoms with E-state index >= 15 is 0 Å². The zero-order chi connectivity index (χ0) is 22.4. The highest BCUT2D eigenvalue weighted by atomic mass is 16.5. The lowest BCUT2D eigenvalue weighted by atomic mass is 9.83. The van der Waals surface area contributed by atoms with E-state index in [1.807, 2.05) is 61.5 Å². The van der Waals surface area contributed by atoms with Gasteiger partial charge >= 0.3 is 5.97 Å². The van der Waals surface area contributed by atoms with Crippen molar-refractivity contribution in [3.63, 3.8) is 0 Å². The summed E-state index contributed by atoms with van der Waals surface area (Å²) in [6.45, 7) is 5.91. The first kappa shape index (κ1) is 22.3. The fourth-order valence-corrected chi connectivity index (χ4v) is 3.76. The molecule has 1 heterocycles. The highest BCUT2D eigenvalue weighted by molar-refractivity contribution is 5.97. The molecular weight excluding hydrogens is 392 g/mol. The summed E-state index contributed by atoms with van der Waals surface area (Å²) >= 11 is 0.